The summed E-state index contributed by atoms with van der Waals surface area (Å²) in [7, 11) is 1.56. The molecule has 2 rings (SSSR count). The van der Waals surface area contributed by atoms with Crippen molar-refractivity contribution >= 4 is 17.3 Å². The number of amides is 1. The van der Waals surface area contributed by atoms with Gasteiger partial charge in [-0.3, -0.25) is 4.79 Å². The molecule has 0 unspecified atom stereocenters. The van der Waals surface area contributed by atoms with E-state index in [9.17, 15) is 4.79 Å². The molecule has 0 bridgehead atoms. The van der Waals surface area contributed by atoms with E-state index in [4.69, 9.17) is 10.5 Å². The lowest BCUT2D eigenvalue weighted by atomic mass is 10.1. The molecule has 0 spiro atoms. The Morgan fingerprint density at radius 3 is 2.63 bits per heavy atom. The highest BCUT2D eigenvalue weighted by atomic mass is 16.5. The number of benzene rings is 2. The van der Waals surface area contributed by atoms with Crippen molar-refractivity contribution in [1.82, 2.24) is 0 Å². The number of carbonyl (C=O) groups is 1. The van der Waals surface area contributed by atoms with Crippen LogP contribution < -0.4 is 15.8 Å². The van der Waals surface area contributed by atoms with Gasteiger partial charge in [0.1, 0.15) is 5.75 Å². The van der Waals surface area contributed by atoms with Crippen LogP contribution in [0.1, 0.15) is 15.9 Å². The van der Waals surface area contributed by atoms with Crippen LogP contribution in [0.3, 0.4) is 0 Å². The number of nitrogens with two attached hydrogens (primary N) is 1. The molecule has 2 aromatic carbocycles. The molecular weight excluding hydrogens is 240 g/mol. The van der Waals surface area contributed by atoms with Gasteiger partial charge in [-0.05, 0) is 36.8 Å². The minimum absolute atomic E-state index is 0.231. The third-order valence-corrected chi connectivity index (χ3v) is 2.78. The zero-order valence-corrected chi connectivity index (χ0v) is 10.9. The maximum absolute atomic E-state index is 12.1. The van der Waals surface area contributed by atoms with Crippen LogP contribution in [0, 0.1) is 6.92 Å². The number of carbonyl (C=O) groups excluding carboxylic acids is 1. The molecule has 0 aromatic heterocycles. The predicted octanol–water partition coefficient (Wildman–Crippen LogP) is 2.84. The Morgan fingerprint density at radius 1 is 1.21 bits per heavy atom. The minimum Gasteiger partial charge on any atom is -0.497 e. The third kappa shape index (κ3) is 3.04. The molecule has 0 aliphatic carbocycles. The van der Waals surface area contributed by atoms with E-state index >= 15 is 0 Å². The molecule has 3 N–H and O–H groups in total. The minimum atomic E-state index is -0.231. The van der Waals surface area contributed by atoms with Crippen LogP contribution in [0.25, 0.3) is 0 Å². The fourth-order valence-corrected chi connectivity index (χ4v) is 1.80. The van der Waals surface area contributed by atoms with E-state index in [0.717, 1.165) is 11.3 Å². The first-order chi connectivity index (χ1) is 9.10. The van der Waals surface area contributed by atoms with Gasteiger partial charge in [0.25, 0.3) is 5.91 Å². The van der Waals surface area contributed by atoms with Gasteiger partial charge in [0.2, 0.25) is 0 Å². The molecule has 0 atom stereocenters. The molecular formula is C15H16N2O2. The van der Waals surface area contributed by atoms with Gasteiger partial charge in [-0.25, -0.2) is 0 Å². The van der Waals surface area contributed by atoms with Crippen LogP contribution in [0.4, 0.5) is 11.4 Å². The summed E-state index contributed by atoms with van der Waals surface area (Å²) in [6, 6.07) is 12.6. The van der Waals surface area contributed by atoms with E-state index in [1.807, 2.05) is 31.2 Å². The van der Waals surface area contributed by atoms with Gasteiger partial charge in [-0.15, -0.1) is 0 Å². The van der Waals surface area contributed by atoms with Gasteiger partial charge >= 0.3 is 0 Å². The SMILES string of the molecule is COc1ccc(C(=O)Nc2cccc(C)c2)c(N)c1. The fraction of sp³-hybridized carbons (Fsp3) is 0.133. The summed E-state index contributed by atoms with van der Waals surface area (Å²) in [6.07, 6.45) is 0. The summed E-state index contributed by atoms with van der Waals surface area (Å²) >= 11 is 0. The molecule has 4 heteroatoms. The van der Waals surface area contributed by atoms with Crippen molar-refractivity contribution in [3.8, 4) is 5.75 Å². The summed E-state index contributed by atoms with van der Waals surface area (Å²) in [5, 5.41) is 2.82. The Kier molecular flexibility index (Phi) is 3.71. The van der Waals surface area contributed by atoms with E-state index in [1.165, 1.54) is 0 Å². The summed E-state index contributed by atoms with van der Waals surface area (Å²) in [5.74, 6) is 0.398. The number of rotatable bonds is 3. The Hall–Kier alpha value is -2.49. The van der Waals surface area contributed by atoms with Crippen molar-refractivity contribution in [1.29, 1.82) is 0 Å². The summed E-state index contributed by atoms with van der Waals surface area (Å²) in [6.45, 7) is 1.97. The highest BCUT2D eigenvalue weighted by molar-refractivity contribution is 6.07. The topological polar surface area (TPSA) is 64.3 Å². The van der Waals surface area contributed by atoms with Gasteiger partial charge in [0.15, 0.2) is 0 Å². The Bertz CT molecular complexity index is 609. The Labute approximate surface area is 112 Å². The average molecular weight is 256 g/mol. The summed E-state index contributed by atoms with van der Waals surface area (Å²) in [5.41, 5.74) is 8.50. The molecule has 0 aliphatic heterocycles. The Balaban J connectivity index is 2.20. The number of ether oxygens (including phenoxy) is 1. The van der Waals surface area contributed by atoms with Gasteiger partial charge in [-0.2, -0.15) is 0 Å². The van der Waals surface area contributed by atoms with Crippen molar-refractivity contribution in [3.05, 3.63) is 53.6 Å². The molecule has 2 aromatic rings. The standard InChI is InChI=1S/C15H16N2O2/c1-10-4-3-5-11(8-10)17-15(18)13-7-6-12(19-2)9-14(13)16/h3-9H,16H2,1-2H3,(H,17,18). The van der Waals surface area contributed by atoms with E-state index in [2.05, 4.69) is 5.32 Å². The smallest absolute Gasteiger partial charge is 0.257 e. The van der Waals surface area contributed by atoms with Gasteiger partial charge in [-0.1, -0.05) is 12.1 Å². The summed E-state index contributed by atoms with van der Waals surface area (Å²) in [4.78, 5) is 12.1. The second kappa shape index (κ2) is 5.44. The highest BCUT2D eigenvalue weighted by Gasteiger charge is 2.10. The maximum atomic E-state index is 12.1. The van der Waals surface area contributed by atoms with Crippen LogP contribution in [0.2, 0.25) is 0 Å². The largest absolute Gasteiger partial charge is 0.497 e. The van der Waals surface area contributed by atoms with Crippen molar-refractivity contribution < 1.29 is 9.53 Å². The summed E-state index contributed by atoms with van der Waals surface area (Å²) < 4.78 is 5.05. The molecule has 0 saturated heterocycles. The van der Waals surface area contributed by atoms with Crippen LogP contribution in [-0.2, 0) is 0 Å². The van der Waals surface area contributed by atoms with Crippen LogP contribution in [0.15, 0.2) is 42.5 Å². The number of anilines is 2. The van der Waals surface area contributed by atoms with Crippen LogP contribution >= 0.6 is 0 Å². The lowest BCUT2D eigenvalue weighted by Gasteiger charge is -2.09. The van der Waals surface area contributed by atoms with Crippen LogP contribution in [0.5, 0.6) is 5.75 Å². The number of nitrogen functional groups attached to an aromatic ring is 1. The Morgan fingerprint density at radius 2 is 2.00 bits per heavy atom. The van der Waals surface area contributed by atoms with Gasteiger partial charge in [0.05, 0.1) is 12.7 Å². The maximum Gasteiger partial charge on any atom is 0.257 e. The zero-order chi connectivity index (χ0) is 13.8. The fourth-order valence-electron chi connectivity index (χ4n) is 1.80. The van der Waals surface area contributed by atoms with E-state index in [0.29, 0.717) is 17.0 Å². The molecule has 0 heterocycles. The zero-order valence-electron chi connectivity index (χ0n) is 10.9. The number of aryl methyl sites for hydroxylation is 1. The average Bonchev–Trinajstić information content (AvgIpc) is 2.38. The van der Waals surface area contributed by atoms with Crippen LogP contribution in [-0.4, -0.2) is 13.0 Å². The molecule has 0 radical (unpaired) electrons. The van der Waals surface area contributed by atoms with E-state index in [1.54, 1.807) is 25.3 Å². The lowest BCUT2D eigenvalue weighted by molar-refractivity contribution is 0.102. The first-order valence-electron chi connectivity index (χ1n) is 5.91. The van der Waals surface area contributed by atoms with Gasteiger partial charge < -0.3 is 15.8 Å². The quantitative estimate of drug-likeness (QED) is 0.830. The monoisotopic (exact) mass is 256 g/mol. The second-order valence-electron chi connectivity index (χ2n) is 4.28. The van der Waals surface area contributed by atoms with E-state index in [-0.39, 0.29) is 5.91 Å². The molecule has 0 aliphatic rings. The molecule has 4 nitrogen and oxygen atoms in total. The number of methoxy groups -OCH3 is 1. The second-order valence-corrected chi connectivity index (χ2v) is 4.28. The van der Waals surface area contributed by atoms with Crippen molar-refractivity contribution in [2.45, 2.75) is 6.92 Å². The third-order valence-electron chi connectivity index (χ3n) is 2.78. The molecule has 19 heavy (non-hydrogen) atoms. The first-order valence-corrected chi connectivity index (χ1v) is 5.91. The van der Waals surface area contributed by atoms with Crippen molar-refractivity contribution in [2.75, 3.05) is 18.2 Å². The number of hydrogen-bond acceptors (Lipinski definition) is 3. The van der Waals surface area contributed by atoms with Gasteiger partial charge in [0, 0.05) is 17.4 Å². The number of nitrogens with one attached hydrogen (secondary N) is 1. The number of hydrogen-bond donors (Lipinski definition) is 2. The van der Waals surface area contributed by atoms with E-state index < -0.39 is 0 Å². The molecule has 1 amide bonds. The van der Waals surface area contributed by atoms with Crippen molar-refractivity contribution in [3.63, 3.8) is 0 Å². The molecule has 98 valence electrons. The predicted molar refractivity (Wildman–Crippen MR) is 76.5 cm³/mol. The normalized spacial score (nSPS) is 10.0. The first kappa shape index (κ1) is 13.0. The van der Waals surface area contributed by atoms with Crippen molar-refractivity contribution in [2.24, 2.45) is 0 Å². The molecule has 0 saturated carbocycles. The highest BCUT2D eigenvalue weighted by Crippen LogP contribution is 2.21. The lowest BCUT2D eigenvalue weighted by Crippen LogP contribution is -2.14. The molecule has 0 fully saturated rings.